The first-order chi connectivity index (χ1) is 7.70. The second kappa shape index (κ2) is 4.44. The molecule has 1 aromatic carbocycles. The van der Waals surface area contributed by atoms with Gasteiger partial charge in [-0.25, -0.2) is 8.78 Å². The number of nitrogens with one attached hydrogen (secondary N) is 1. The molecule has 1 aliphatic rings. The van der Waals surface area contributed by atoms with E-state index in [9.17, 15) is 8.78 Å². The van der Waals surface area contributed by atoms with E-state index in [-0.39, 0.29) is 12.2 Å². The van der Waals surface area contributed by atoms with Crippen molar-refractivity contribution in [2.75, 3.05) is 24.6 Å². The van der Waals surface area contributed by atoms with Gasteiger partial charge in [0.2, 0.25) is 0 Å². The van der Waals surface area contributed by atoms with Crippen molar-refractivity contribution in [2.45, 2.75) is 0 Å². The number of anilines is 1. The number of hydrazone groups is 1. The number of benzene rings is 1. The third kappa shape index (κ3) is 2.11. The summed E-state index contributed by atoms with van der Waals surface area (Å²) < 4.78 is 26.5. The fourth-order valence-corrected chi connectivity index (χ4v) is 1.51. The van der Waals surface area contributed by atoms with Crippen LogP contribution in [-0.2, 0) is 0 Å². The second-order valence-electron chi connectivity index (χ2n) is 3.40. The molecule has 16 heavy (non-hydrogen) atoms. The van der Waals surface area contributed by atoms with E-state index in [1.54, 1.807) is 0 Å². The Hall–Kier alpha value is -1.69. The van der Waals surface area contributed by atoms with Gasteiger partial charge in [0.1, 0.15) is 17.5 Å². The molecule has 1 heterocycles. The smallest absolute Gasteiger partial charge is 0.148 e. The summed E-state index contributed by atoms with van der Waals surface area (Å²) in [5.41, 5.74) is 5.56. The highest BCUT2D eigenvalue weighted by molar-refractivity contribution is 5.85. The van der Waals surface area contributed by atoms with Gasteiger partial charge in [0.15, 0.2) is 0 Å². The zero-order valence-corrected chi connectivity index (χ0v) is 8.58. The highest BCUT2D eigenvalue weighted by Gasteiger charge is 2.16. The quantitative estimate of drug-likeness (QED) is 0.778. The molecule has 0 spiro atoms. The maximum absolute atomic E-state index is 13.5. The van der Waals surface area contributed by atoms with Crippen LogP contribution in [0.3, 0.4) is 0 Å². The number of nitrogens with zero attached hydrogens (tertiary/aromatic N) is 2. The zero-order chi connectivity index (χ0) is 11.5. The number of hydrogen-bond acceptors (Lipinski definition) is 4. The monoisotopic (exact) mass is 226 g/mol. The maximum Gasteiger partial charge on any atom is 0.148 e. The number of halogens is 2. The van der Waals surface area contributed by atoms with Crippen LogP contribution in [-0.4, -0.2) is 25.5 Å². The Balaban J connectivity index is 2.33. The Bertz CT molecular complexity index is 419. The van der Waals surface area contributed by atoms with E-state index in [0.717, 1.165) is 18.2 Å². The van der Waals surface area contributed by atoms with Crippen LogP contribution >= 0.6 is 0 Å². The molecule has 0 aliphatic carbocycles. The van der Waals surface area contributed by atoms with Gasteiger partial charge in [-0.15, -0.1) is 0 Å². The molecule has 0 unspecified atom stereocenters. The lowest BCUT2D eigenvalue weighted by atomic mass is 10.3. The lowest BCUT2D eigenvalue weighted by Gasteiger charge is -2.26. The molecule has 0 aromatic heterocycles. The third-order valence-corrected chi connectivity index (χ3v) is 2.27. The fraction of sp³-hybridized carbons (Fsp3) is 0.300. The largest absolute Gasteiger partial charge is 0.369 e. The molecule has 0 radical (unpaired) electrons. The van der Waals surface area contributed by atoms with E-state index < -0.39 is 11.6 Å². The summed E-state index contributed by atoms with van der Waals surface area (Å²) >= 11 is 0. The number of nitrogens with two attached hydrogens (primary N) is 1. The van der Waals surface area contributed by atoms with Gasteiger partial charge >= 0.3 is 0 Å². The van der Waals surface area contributed by atoms with Crippen LogP contribution in [0, 0.1) is 11.6 Å². The van der Waals surface area contributed by atoms with E-state index in [1.807, 2.05) is 0 Å². The topological polar surface area (TPSA) is 53.6 Å². The molecule has 0 bridgehead atoms. The lowest BCUT2D eigenvalue weighted by molar-refractivity contribution is 0.590. The predicted molar refractivity (Wildman–Crippen MR) is 58.2 cm³/mol. The van der Waals surface area contributed by atoms with E-state index in [2.05, 4.69) is 10.4 Å². The van der Waals surface area contributed by atoms with Gasteiger partial charge in [0.05, 0.1) is 18.8 Å². The molecule has 0 atom stereocenters. The molecular weight excluding hydrogens is 214 g/mol. The third-order valence-electron chi connectivity index (χ3n) is 2.27. The Morgan fingerprint density at radius 2 is 2.25 bits per heavy atom. The van der Waals surface area contributed by atoms with E-state index in [1.165, 1.54) is 5.01 Å². The summed E-state index contributed by atoms with van der Waals surface area (Å²) in [5, 5.41) is 8.46. The van der Waals surface area contributed by atoms with Crippen molar-refractivity contribution in [3.8, 4) is 0 Å². The average Bonchev–Trinajstić information content (AvgIpc) is 2.32. The minimum absolute atomic E-state index is 0.132. The van der Waals surface area contributed by atoms with Crippen LogP contribution < -0.4 is 16.1 Å². The van der Waals surface area contributed by atoms with Gasteiger partial charge in [-0.05, 0) is 12.1 Å². The van der Waals surface area contributed by atoms with Crippen molar-refractivity contribution in [3.63, 3.8) is 0 Å². The predicted octanol–water partition coefficient (Wildman–Crippen LogP) is 0.647. The molecule has 86 valence electrons. The molecule has 0 amide bonds. The molecule has 0 saturated carbocycles. The minimum atomic E-state index is -0.497. The number of amidine groups is 1. The van der Waals surface area contributed by atoms with Gasteiger partial charge in [-0.2, -0.15) is 5.10 Å². The Kier molecular flexibility index (Phi) is 3.00. The average molecular weight is 226 g/mol. The van der Waals surface area contributed by atoms with Crippen LogP contribution in [0.4, 0.5) is 14.5 Å². The summed E-state index contributed by atoms with van der Waals surface area (Å²) in [6, 6.07) is 3.29. The standard InChI is InChI=1S/C10H12F2N4/c11-7-1-2-8(12)9(5-7)16-4-3-14-10(6-13)15-16/h1-2,5H,3-4,6,13H2,(H,14,15). The van der Waals surface area contributed by atoms with E-state index in [4.69, 9.17) is 5.73 Å². The fourth-order valence-electron chi connectivity index (χ4n) is 1.51. The first-order valence-corrected chi connectivity index (χ1v) is 4.94. The zero-order valence-electron chi connectivity index (χ0n) is 8.58. The van der Waals surface area contributed by atoms with E-state index in [0.29, 0.717) is 18.9 Å². The molecule has 0 saturated heterocycles. The molecule has 0 fully saturated rings. The summed E-state index contributed by atoms with van der Waals surface area (Å²) in [6.07, 6.45) is 0. The second-order valence-corrected chi connectivity index (χ2v) is 3.40. The highest BCUT2D eigenvalue weighted by atomic mass is 19.1. The maximum atomic E-state index is 13.5. The van der Waals surface area contributed by atoms with Crippen molar-refractivity contribution >= 4 is 11.5 Å². The van der Waals surface area contributed by atoms with Crippen molar-refractivity contribution < 1.29 is 8.78 Å². The highest BCUT2D eigenvalue weighted by Crippen LogP contribution is 2.21. The van der Waals surface area contributed by atoms with E-state index >= 15 is 0 Å². The normalized spacial score (nSPS) is 15.7. The van der Waals surface area contributed by atoms with Gasteiger partial charge in [0, 0.05) is 12.6 Å². The Morgan fingerprint density at radius 3 is 3.00 bits per heavy atom. The molecule has 3 N–H and O–H groups in total. The van der Waals surface area contributed by atoms with Crippen LogP contribution in [0.15, 0.2) is 23.3 Å². The molecule has 4 nitrogen and oxygen atoms in total. The first-order valence-electron chi connectivity index (χ1n) is 4.94. The summed E-state index contributed by atoms with van der Waals surface area (Å²) in [7, 11) is 0. The summed E-state index contributed by atoms with van der Waals surface area (Å²) in [4.78, 5) is 0. The van der Waals surface area contributed by atoms with Crippen LogP contribution in [0.1, 0.15) is 0 Å². The minimum Gasteiger partial charge on any atom is -0.369 e. The SMILES string of the molecule is NCC1=NN(c2cc(F)ccc2F)CCN1. The number of rotatable bonds is 2. The first kappa shape index (κ1) is 10.8. The van der Waals surface area contributed by atoms with Gasteiger partial charge in [-0.1, -0.05) is 0 Å². The van der Waals surface area contributed by atoms with Gasteiger partial charge in [-0.3, -0.25) is 5.01 Å². The van der Waals surface area contributed by atoms with Crippen LogP contribution in [0.2, 0.25) is 0 Å². The Morgan fingerprint density at radius 1 is 1.44 bits per heavy atom. The molecule has 2 rings (SSSR count). The summed E-state index contributed by atoms with van der Waals surface area (Å²) in [6.45, 7) is 1.32. The summed E-state index contributed by atoms with van der Waals surface area (Å²) in [5.74, 6) is -0.419. The van der Waals surface area contributed by atoms with Gasteiger partial charge in [0.25, 0.3) is 0 Å². The van der Waals surface area contributed by atoms with Crippen molar-refractivity contribution in [1.29, 1.82) is 0 Å². The van der Waals surface area contributed by atoms with Crippen molar-refractivity contribution in [3.05, 3.63) is 29.8 Å². The molecule has 1 aliphatic heterocycles. The van der Waals surface area contributed by atoms with Crippen molar-refractivity contribution in [1.82, 2.24) is 5.32 Å². The van der Waals surface area contributed by atoms with Gasteiger partial charge < -0.3 is 11.1 Å². The lowest BCUT2D eigenvalue weighted by Crippen LogP contribution is -2.43. The molecular formula is C10H12F2N4. The van der Waals surface area contributed by atoms with Crippen LogP contribution in [0.5, 0.6) is 0 Å². The number of hydrogen-bond donors (Lipinski definition) is 2. The molecule has 6 heteroatoms. The Labute approximate surface area is 91.7 Å². The molecule has 1 aromatic rings. The van der Waals surface area contributed by atoms with Crippen LogP contribution in [0.25, 0.3) is 0 Å². The van der Waals surface area contributed by atoms with Crippen molar-refractivity contribution in [2.24, 2.45) is 10.8 Å².